The summed E-state index contributed by atoms with van der Waals surface area (Å²) in [7, 11) is 0. The van der Waals surface area contributed by atoms with Crippen LogP contribution in [0.3, 0.4) is 0 Å². The van der Waals surface area contributed by atoms with E-state index < -0.39 is 11.7 Å². The molecule has 0 aliphatic heterocycles. The van der Waals surface area contributed by atoms with Crippen molar-refractivity contribution in [2.45, 2.75) is 25.9 Å². The highest BCUT2D eigenvalue weighted by atomic mass is 35.5. The van der Waals surface area contributed by atoms with Gasteiger partial charge in [0, 0.05) is 22.6 Å². The molecule has 0 radical (unpaired) electrons. The van der Waals surface area contributed by atoms with Crippen LogP contribution in [0.4, 0.5) is 36.3 Å². The number of aryl methyl sites for hydroxylation is 1. The van der Waals surface area contributed by atoms with Crippen LogP contribution in [0.2, 0.25) is 5.02 Å². The zero-order valence-electron chi connectivity index (χ0n) is 15.0. The lowest BCUT2D eigenvalue weighted by Crippen LogP contribution is -2.12. The van der Waals surface area contributed by atoms with Crippen LogP contribution in [0.5, 0.6) is 0 Å². The number of alkyl halides is 3. The average Bonchev–Trinajstić information content (AvgIpc) is 2.65. The number of nitrogens with one attached hydrogen (secondary N) is 2. The van der Waals surface area contributed by atoms with E-state index in [9.17, 15) is 13.2 Å². The van der Waals surface area contributed by atoms with Crippen molar-refractivity contribution >= 4 is 34.7 Å². The number of nitrogens with zero attached hydrogens (tertiary/aromatic N) is 2. The molecule has 8 heteroatoms. The van der Waals surface area contributed by atoms with Gasteiger partial charge in [-0.3, -0.25) is 0 Å². The lowest BCUT2D eigenvalue weighted by molar-refractivity contribution is -0.137. The minimum absolute atomic E-state index is 0.0421. The van der Waals surface area contributed by atoms with Gasteiger partial charge in [0.2, 0.25) is 5.95 Å². The third kappa shape index (κ3) is 5.13. The summed E-state index contributed by atoms with van der Waals surface area (Å²) in [5, 5.41) is 6.17. The highest BCUT2D eigenvalue weighted by molar-refractivity contribution is 6.30. The molecule has 0 bridgehead atoms. The van der Waals surface area contributed by atoms with E-state index in [1.807, 2.05) is 12.1 Å². The number of benzene rings is 2. The molecule has 0 amide bonds. The fourth-order valence-corrected chi connectivity index (χ4v) is 2.71. The van der Waals surface area contributed by atoms with Crippen molar-refractivity contribution in [2.75, 3.05) is 10.6 Å². The summed E-state index contributed by atoms with van der Waals surface area (Å²) < 4.78 is 40.1. The van der Waals surface area contributed by atoms with Gasteiger partial charge in [0.1, 0.15) is 11.4 Å². The second-order valence-corrected chi connectivity index (χ2v) is 6.59. The van der Waals surface area contributed by atoms with E-state index in [1.54, 1.807) is 36.4 Å². The third-order valence-electron chi connectivity index (χ3n) is 3.95. The summed E-state index contributed by atoms with van der Waals surface area (Å²) in [6, 6.07) is 13.9. The van der Waals surface area contributed by atoms with Crippen LogP contribution in [0.25, 0.3) is 0 Å². The maximum atomic E-state index is 13.4. The Morgan fingerprint density at radius 1 is 0.929 bits per heavy atom. The van der Waals surface area contributed by atoms with Crippen molar-refractivity contribution in [3.05, 3.63) is 70.9 Å². The summed E-state index contributed by atoms with van der Waals surface area (Å²) in [6.07, 6.45) is -1.91. The number of hydrogen-bond acceptors (Lipinski definition) is 4. The van der Waals surface area contributed by atoms with Gasteiger partial charge >= 0.3 is 6.18 Å². The van der Waals surface area contributed by atoms with Crippen LogP contribution in [0.15, 0.2) is 54.7 Å². The molecule has 1 aromatic heterocycles. The number of halogens is 4. The Morgan fingerprint density at radius 2 is 1.54 bits per heavy atom. The number of aromatic nitrogens is 2. The van der Waals surface area contributed by atoms with Crippen molar-refractivity contribution < 1.29 is 13.2 Å². The van der Waals surface area contributed by atoms with Crippen molar-refractivity contribution in [3.63, 3.8) is 0 Å². The maximum absolute atomic E-state index is 13.4. The lowest BCUT2D eigenvalue weighted by atomic mass is 10.1. The topological polar surface area (TPSA) is 49.8 Å². The predicted octanol–water partition coefficient (Wildman–Crippen LogP) is 6.59. The highest BCUT2D eigenvalue weighted by Crippen LogP contribution is 2.35. The first-order valence-corrected chi connectivity index (χ1v) is 9.05. The summed E-state index contributed by atoms with van der Waals surface area (Å²) in [5.41, 5.74) is 1.31. The molecule has 0 aliphatic rings. The summed E-state index contributed by atoms with van der Waals surface area (Å²) in [6.45, 7) is 2.07. The van der Waals surface area contributed by atoms with Crippen LogP contribution in [0, 0.1) is 0 Å². The van der Waals surface area contributed by atoms with E-state index in [0.29, 0.717) is 16.4 Å². The Hall–Kier alpha value is -2.80. The Kier molecular flexibility index (Phi) is 6.04. The number of rotatable bonds is 6. The predicted molar refractivity (Wildman–Crippen MR) is 105 cm³/mol. The molecule has 3 rings (SSSR count). The van der Waals surface area contributed by atoms with Crippen molar-refractivity contribution in [1.29, 1.82) is 0 Å². The van der Waals surface area contributed by atoms with E-state index in [2.05, 4.69) is 27.5 Å². The molecule has 0 aliphatic carbocycles. The van der Waals surface area contributed by atoms with Crippen molar-refractivity contribution in [1.82, 2.24) is 9.97 Å². The summed E-state index contributed by atoms with van der Waals surface area (Å²) in [4.78, 5) is 7.81. The van der Waals surface area contributed by atoms with Crippen LogP contribution >= 0.6 is 11.6 Å². The molecule has 146 valence electrons. The minimum atomic E-state index is -4.58. The van der Waals surface area contributed by atoms with Gasteiger partial charge in [0.05, 0.1) is 0 Å². The molecular weight excluding hydrogens is 389 g/mol. The number of hydrogen-bond donors (Lipinski definition) is 2. The van der Waals surface area contributed by atoms with Gasteiger partial charge in [-0.15, -0.1) is 0 Å². The molecule has 3 aromatic rings. The average molecular weight is 407 g/mol. The molecule has 2 N–H and O–H groups in total. The smallest absolute Gasteiger partial charge is 0.340 e. The van der Waals surface area contributed by atoms with Crippen LogP contribution in [-0.4, -0.2) is 9.97 Å². The molecule has 0 unspecified atom stereocenters. The maximum Gasteiger partial charge on any atom is 0.421 e. The monoisotopic (exact) mass is 406 g/mol. The molecule has 0 saturated heterocycles. The first-order valence-electron chi connectivity index (χ1n) is 8.68. The molecule has 0 saturated carbocycles. The fourth-order valence-electron chi connectivity index (χ4n) is 2.59. The molecular formula is C20H18ClF3N4. The van der Waals surface area contributed by atoms with E-state index in [-0.39, 0.29) is 11.8 Å². The van der Waals surface area contributed by atoms with E-state index in [4.69, 9.17) is 11.6 Å². The normalized spacial score (nSPS) is 11.3. The van der Waals surface area contributed by atoms with E-state index in [0.717, 1.165) is 24.6 Å². The first-order chi connectivity index (χ1) is 13.3. The van der Waals surface area contributed by atoms with Crippen LogP contribution < -0.4 is 10.6 Å². The van der Waals surface area contributed by atoms with Gasteiger partial charge in [0.15, 0.2) is 0 Å². The quantitative estimate of drug-likeness (QED) is 0.485. The van der Waals surface area contributed by atoms with E-state index in [1.165, 1.54) is 0 Å². The first kappa shape index (κ1) is 19.9. The Balaban J connectivity index is 1.88. The molecule has 28 heavy (non-hydrogen) atoms. The molecule has 4 nitrogen and oxygen atoms in total. The SMILES string of the molecule is CCCc1ccc(Nc2nc(Nc3ccc(Cl)cc3)ncc2C(F)(F)F)cc1. The number of anilines is 4. The fraction of sp³-hybridized carbons (Fsp3) is 0.200. The zero-order valence-corrected chi connectivity index (χ0v) is 15.8. The summed E-state index contributed by atoms with van der Waals surface area (Å²) in [5.74, 6) is -0.275. The third-order valence-corrected chi connectivity index (χ3v) is 4.20. The molecule has 0 fully saturated rings. The van der Waals surface area contributed by atoms with Gasteiger partial charge in [-0.05, 0) is 48.4 Å². The minimum Gasteiger partial charge on any atom is -0.340 e. The van der Waals surface area contributed by atoms with Crippen molar-refractivity contribution in [2.24, 2.45) is 0 Å². The lowest BCUT2D eigenvalue weighted by Gasteiger charge is -2.15. The Labute approximate surface area is 165 Å². The largest absolute Gasteiger partial charge is 0.421 e. The van der Waals surface area contributed by atoms with Crippen LogP contribution in [0.1, 0.15) is 24.5 Å². The zero-order chi connectivity index (χ0) is 20.1. The Morgan fingerprint density at radius 3 is 2.14 bits per heavy atom. The van der Waals surface area contributed by atoms with Gasteiger partial charge in [-0.1, -0.05) is 37.1 Å². The molecule has 0 atom stereocenters. The second-order valence-electron chi connectivity index (χ2n) is 6.16. The van der Waals surface area contributed by atoms with Gasteiger partial charge in [-0.25, -0.2) is 4.98 Å². The standard InChI is InChI=1S/C20H18ClF3N4/c1-2-3-13-4-8-15(9-5-13)26-18-17(20(22,23)24)12-25-19(28-18)27-16-10-6-14(21)7-11-16/h4-12H,2-3H2,1H3,(H2,25,26,27,28). The molecule has 2 aromatic carbocycles. The van der Waals surface area contributed by atoms with Crippen molar-refractivity contribution in [3.8, 4) is 0 Å². The molecule has 1 heterocycles. The van der Waals surface area contributed by atoms with Crippen LogP contribution in [-0.2, 0) is 12.6 Å². The van der Waals surface area contributed by atoms with E-state index >= 15 is 0 Å². The second kappa shape index (κ2) is 8.48. The highest BCUT2D eigenvalue weighted by Gasteiger charge is 2.35. The van der Waals surface area contributed by atoms with Gasteiger partial charge in [-0.2, -0.15) is 18.2 Å². The molecule has 0 spiro atoms. The summed E-state index contributed by atoms with van der Waals surface area (Å²) >= 11 is 5.84. The van der Waals surface area contributed by atoms with Gasteiger partial charge in [0.25, 0.3) is 0 Å². The Bertz CT molecular complexity index is 926. The van der Waals surface area contributed by atoms with Gasteiger partial charge < -0.3 is 10.6 Å².